The number of hydrogen-bond acceptors (Lipinski definition) is 3. The van der Waals surface area contributed by atoms with Crippen LogP contribution in [0.1, 0.15) is 25.3 Å². The Morgan fingerprint density at radius 1 is 1.22 bits per heavy atom. The van der Waals surface area contributed by atoms with Crippen LogP contribution < -0.4 is 0 Å². The van der Waals surface area contributed by atoms with Crippen molar-refractivity contribution in [2.45, 2.75) is 37.6 Å². The van der Waals surface area contributed by atoms with Crippen molar-refractivity contribution in [3.63, 3.8) is 0 Å². The molecule has 5 heteroatoms. The van der Waals surface area contributed by atoms with E-state index in [1.54, 1.807) is 31.2 Å². The molecule has 0 bridgehead atoms. The summed E-state index contributed by atoms with van der Waals surface area (Å²) < 4.78 is 26.3. The van der Waals surface area contributed by atoms with Gasteiger partial charge >= 0.3 is 0 Å². The predicted molar refractivity (Wildman–Crippen MR) is 68.8 cm³/mol. The van der Waals surface area contributed by atoms with Crippen molar-refractivity contribution in [1.29, 1.82) is 0 Å². The topological polar surface area (TPSA) is 54.5 Å². The first kappa shape index (κ1) is 13.2. The van der Waals surface area contributed by atoms with Crippen LogP contribution in [0.3, 0.4) is 0 Å². The monoisotopic (exact) mass is 267 g/mol. The van der Waals surface area contributed by atoms with Gasteiger partial charge in [0.15, 0.2) is 0 Å². The van der Waals surface area contributed by atoms with Gasteiger partial charge in [0.1, 0.15) is 5.78 Å². The van der Waals surface area contributed by atoms with Crippen LogP contribution in [-0.4, -0.2) is 31.1 Å². The molecule has 0 spiro atoms. The van der Waals surface area contributed by atoms with Crippen molar-refractivity contribution in [3.8, 4) is 0 Å². The van der Waals surface area contributed by atoms with Crippen molar-refractivity contribution in [2.75, 3.05) is 6.54 Å². The normalized spacial score (nSPS) is 22.1. The first-order chi connectivity index (χ1) is 8.41. The molecule has 1 saturated heterocycles. The van der Waals surface area contributed by atoms with Crippen molar-refractivity contribution < 1.29 is 13.2 Å². The van der Waals surface area contributed by atoms with Crippen molar-refractivity contribution in [1.82, 2.24) is 4.31 Å². The zero-order valence-electron chi connectivity index (χ0n) is 10.6. The second-order valence-electron chi connectivity index (χ2n) is 4.77. The van der Waals surface area contributed by atoms with E-state index in [0.29, 0.717) is 17.7 Å². The maximum absolute atomic E-state index is 12.4. The van der Waals surface area contributed by atoms with Crippen LogP contribution in [0, 0.1) is 6.92 Å². The maximum Gasteiger partial charge on any atom is 0.243 e. The lowest BCUT2D eigenvalue weighted by Gasteiger charge is -2.31. The van der Waals surface area contributed by atoms with E-state index in [2.05, 4.69) is 0 Å². The summed E-state index contributed by atoms with van der Waals surface area (Å²) in [5.74, 6) is 0.137. The standard InChI is InChI=1S/C13H17NO3S/c1-10-3-5-13(6-4-10)18(16,17)14-8-7-12(15)9-11(14)2/h3-6,11H,7-9H2,1-2H3. The average molecular weight is 267 g/mol. The lowest BCUT2D eigenvalue weighted by Crippen LogP contribution is -2.44. The number of rotatable bonds is 2. The third kappa shape index (κ3) is 2.47. The van der Waals surface area contributed by atoms with Gasteiger partial charge in [-0.3, -0.25) is 4.79 Å². The molecule has 0 aromatic heterocycles. The molecule has 1 heterocycles. The number of Topliss-reactive ketones (excluding diaryl/α,β-unsaturated/α-hetero) is 1. The van der Waals surface area contributed by atoms with E-state index in [1.165, 1.54) is 4.31 Å². The molecule has 0 N–H and O–H groups in total. The average Bonchev–Trinajstić information content (AvgIpc) is 2.29. The molecule has 2 rings (SSSR count). The second-order valence-corrected chi connectivity index (χ2v) is 6.66. The fourth-order valence-electron chi connectivity index (χ4n) is 2.19. The molecule has 1 aliphatic heterocycles. The molecule has 1 fully saturated rings. The van der Waals surface area contributed by atoms with E-state index in [1.807, 2.05) is 6.92 Å². The van der Waals surface area contributed by atoms with E-state index in [9.17, 15) is 13.2 Å². The molecule has 18 heavy (non-hydrogen) atoms. The second kappa shape index (κ2) is 4.82. The molecule has 0 radical (unpaired) electrons. The van der Waals surface area contributed by atoms with Gasteiger partial charge in [0.25, 0.3) is 0 Å². The molecule has 1 aromatic carbocycles. The quantitative estimate of drug-likeness (QED) is 0.820. The zero-order chi connectivity index (χ0) is 13.3. The number of piperidine rings is 1. The van der Waals surface area contributed by atoms with Crippen LogP contribution in [0.25, 0.3) is 0 Å². The number of carbonyl (C=O) groups excluding carboxylic acids is 1. The summed E-state index contributed by atoms with van der Waals surface area (Å²) in [5, 5.41) is 0. The molecule has 1 atom stereocenters. The molecular formula is C13H17NO3S. The van der Waals surface area contributed by atoms with Gasteiger partial charge in [0, 0.05) is 25.4 Å². The minimum absolute atomic E-state index is 0.137. The van der Waals surface area contributed by atoms with Gasteiger partial charge in [-0.1, -0.05) is 17.7 Å². The number of ketones is 1. The number of sulfonamides is 1. The summed E-state index contributed by atoms with van der Waals surface area (Å²) in [6.45, 7) is 3.98. The van der Waals surface area contributed by atoms with Gasteiger partial charge in [-0.05, 0) is 26.0 Å². The van der Waals surface area contributed by atoms with Crippen LogP contribution in [0.4, 0.5) is 0 Å². The fourth-order valence-corrected chi connectivity index (χ4v) is 3.82. The van der Waals surface area contributed by atoms with Crippen molar-refractivity contribution in [3.05, 3.63) is 29.8 Å². The first-order valence-corrected chi connectivity index (χ1v) is 7.45. The van der Waals surface area contributed by atoms with E-state index < -0.39 is 10.0 Å². The molecule has 98 valence electrons. The smallest absolute Gasteiger partial charge is 0.243 e. The molecular weight excluding hydrogens is 250 g/mol. The summed E-state index contributed by atoms with van der Waals surface area (Å²) in [7, 11) is -3.47. The Morgan fingerprint density at radius 3 is 2.39 bits per heavy atom. The van der Waals surface area contributed by atoms with Crippen LogP contribution in [0.15, 0.2) is 29.2 Å². The van der Waals surface area contributed by atoms with Crippen LogP contribution in [0.2, 0.25) is 0 Å². The number of benzene rings is 1. The van der Waals surface area contributed by atoms with Gasteiger partial charge < -0.3 is 0 Å². The molecule has 1 aromatic rings. The molecule has 4 nitrogen and oxygen atoms in total. The van der Waals surface area contributed by atoms with Gasteiger partial charge in [-0.2, -0.15) is 4.31 Å². The minimum atomic E-state index is -3.47. The van der Waals surface area contributed by atoms with Gasteiger partial charge in [-0.15, -0.1) is 0 Å². The highest BCUT2D eigenvalue weighted by Crippen LogP contribution is 2.23. The summed E-state index contributed by atoms with van der Waals surface area (Å²) >= 11 is 0. The summed E-state index contributed by atoms with van der Waals surface area (Å²) in [4.78, 5) is 11.6. The maximum atomic E-state index is 12.4. The Balaban J connectivity index is 2.31. The summed E-state index contributed by atoms with van der Waals surface area (Å²) in [5.41, 5.74) is 1.02. The lowest BCUT2D eigenvalue weighted by molar-refractivity contribution is -0.121. The number of carbonyl (C=O) groups is 1. The lowest BCUT2D eigenvalue weighted by atomic mass is 10.1. The molecule has 1 unspecified atom stereocenters. The number of nitrogens with zero attached hydrogens (tertiary/aromatic N) is 1. The number of aryl methyl sites for hydroxylation is 1. The molecule has 0 saturated carbocycles. The molecule has 0 amide bonds. The van der Waals surface area contributed by atoms with Gasteiger partial charge in [0.2, 0.25) is 10.0 Å². The van der Waals surface area contributed by atoms with E-state index in [0.717, 1.165) is 5.56 Å². The highest BCUT2D eigenvalue weighted by atomic mass is 32.2. The van der Waals surface area contributed by atoms with E-state index >= 15 is 0 Å². The predicted octanol–water partition coefficient (Wildman–Crippen LogP) is 1.74. The largest absolute Gasteiger partial charge is 0.300 e. The summed E-state index contributed by atoms with van der Waals surface area (Å²) in [6.07, 6.45) is 0.626. The van der Waals surface area contributed by atoms with E-state index in [4.69, 9.17) is 0 Å². The Kier molecular flexibility index (Phi) is 3.54. The highest BCUT2D eigenvalue weighted by molar-refractivity contribution is 7.89. The summed E-state index contributed by atoms with van der Waals surface area (Å²) in [6, 6.07) is 6.55. The zero-order valence-corrected chi connectivity index (χ0v) is 11.4. The van der Waals surface area contributed by atoms with Crippen LogP contribution in [0.5, 0.6) is 0 Å². The van der Waals surface area contributed by atoms with E-state index in [-0.39, 0.29) is 18.4 Å². The van der Waals surface area contributed by atoms with Crippen molar-refractivity contribution >= 4 is 15.8 Å². The SMILES string of the molecule is Cc1ccc(S(=O)(=O)N2CCC(=O)CC2C)cc1. The third-order valence-electron chi connectivity index (χ3n) is 3.25. The molecule has 1 aliphatic rings. The van der Waals surface area contributed by atoms with Crippen LogP contribution in [-0.2, 0) is 14.8 Å². The van der Waals surface area contributed by atoms with Crippen molar-refractivity contribution in [2.24, 2.45) is 0 Å². The molecule has 0 aliphatic carbocycles. The Bertz CT molecular complexity index is 548. The van der Waals surface area contributed by atoms with Crippen LogP contribution >= 0.6 is 0 Å². The minimum Gasteiger partial charge on any atom is -0.300 e. The van der Waals surface area contributed by atoms with Gasteiger partial charge in [-0.25, -0.2) is 8.42 Å². The van der Waals surface area contributed by atoms with Gasteiger partial charge in [0.05, 0.1) is 4.90 Å². The highest BCUT2D eigenvalue weighted by Gasteiger charge is 2.33. The Hall–Kier alpha value is -1.20. The Labute approximate surface area is 108 Å². The fraction of sp³-hybridized carbons (Fsp3) is 0.462. The third-order valence-corrected chi connectivity index (χ3v) is 5.28. The first-order valence-electron chi connectivity index (χ1n) is 6.01. The number of hydrogen-bond donors (Lipinski definition) is 0. The Morgan fingerprint density at radius 2 is 1.83 bits per heavy atom.